The van der Waals surface area contributed by atoms with Crippen molar-refractivity contribution in [2.45, 2.75) is 10.9 Å². The van der Waals surface area contributed by atoms with Gasteiger partial charge in [0.15, 0.2) is 0 Å². The second-order valence-corrected chi connectivity index (χ2v) is 9.76. The molecule has 1 atom stereocenters. The second-order valence-electron chi connectivity index (χ2n) is 7.86. The maximum atomic E-state index is 13.3. The standard InChI is InChI=1S/C25H23FN4O3S/c26-21-10-12-22(13-11-21)28-25(31)24(19-6-2-1-3-7-19)29-14-16-30(17-15-29)34(32,33)23-9-5-4-8-20(23)18-27/h1-13,24H,14-17H2,(H,28,31)/t24-/m0/s1. The van der Waals surface area contributed by atoms with Gasteiger partial charge in [0.25, 0.3) is 0 Å². The molecule has 1 heterocycles. The molecule has 1 aliphatic rings. The average molecular weight is 479 g/mol. The number of nitriles is 1. The molecule has 174 valence electrons. The molecule has 34 heavy (non-hydrogen) atoms. The summed E-state index contributed by atoms with van der Waals surface area (Å²) < 4.78 is 40.9. The van der Waals surface area contributed by atoms with Gasteiger partial charge in [-0.1, -0.05) is 42.5 Å². The van der Waals surface area contributed by atoms with Crippen molar-refractivity contribution in [3.8, 4) is 6.07 Å². The predicted molar refractivity (Wildman–Crippen MR) is 126 cm³/mol. The van der Waals surface area contributed by atoms with Crippen molar-refractivity contribution in [3.63, 3.8) is 0 Å². The van der Waals surface area contributed by atoms with Crippen LogP contribution in [0.1, 0.15) is 17.2 Å². The Labute approximate surface area is 198 Å². The summed E-state index contributed by atoms with van der Waals surface area (Å²) in [6, 6.07) is 22.2. The quantitative estimate of drug-likeness (QED) is 0.586. The van der Waals surface area contributed by atoms with E-state index in [2.05, 4.69) is 5.32 Å². The van der Waals surface area contributed by atoms with Gasteiger partial charge in [-0.15, -0.1) is 0 Å². The Morgan fingerprint density at radius 2 is 1.53 bits per heavy atom. The fourth-order valence-electron chi connectivity index (χ4n) is 4.03. The summed E-state index contributed by atoms with van der Waals surface area (Å²) >= 11 is 0. The van der Waals surface area contributed by atoms with Gasteiger partial charge < -0.3 is 5.32 Å². The van der Waals surface area contributed by atoms with E-state index in [-0.39, 0.29) is 29.5 Å². The number of nitrogens with zero attached hydrogens (tertiary/aromatic N) is 3. The molecule has 3 aromatic carbocycles. The Morgan fingerprint density at radius 3 is 2.18 bits per heavy atom. The number of piperazine rings is 1. The Hall–Kier alpha value is -3.58. The Balaban J connectivity index is 1.54. The SMILES string of the molecule is N#Cc1ccccc1S(=O)(=O)N1CCN([C@H](C(=O)Nc2ccc(F)cc2)c2ccccc2)CC1. The summed E-state index contributed by atoms with van der Waals surface area (Å²) in [5, 5.41) is 12.1. The number of halogens is 1. The molecule has 0 aromatic heterocycles. The zero-order chi connectivity index (χ0) is 24.1. The van der Waals surface area contributed by atoms with Gasteiger partial charge in [0.2, 0.25) is 15.9 Å². The summed E-state index contributed by atoms with van der Waals surface area (Å²) in [5.74, 6) is -0.683. The Kier molecular flexibility index (Phi) is 7.03. The van der Waals surface area contributed by atoms with Crippen LogP contribution in [0.2, 0.25) is 0 Å². The number of hydrogen-bond acceptors (Lipinski definition) is 5. The van der Waals surface area contributed by atoms with E-state index in [1.54, 1.807) is 12.1 Å². The summed E-state index contributed by atoms with van der Waals surface area (Å²) in [6.45, 7) is 0.999. The van der Waals surface area contributed by atoms with Gasteiger partial charge in [-0.25, -0.2) is 12.8 Å². The molecule has 1 amide bonds. The van der Waals surface area contributed by atoms with Gasteiger partial charge in [-0.2, -0.15) is 9.57 Å². The molecule has 3 aromatic rings. The normalized spacial score (nSPS) is 15.9. The molecule has 9 heteroatoms. The summed E-state index contributed by atoms with van der Waals surface area (Å²) in [7, 11) is -3.84. The minimum Gasteiger partial charge on any atom is -0.324 e. The third-order valence-corrected chi connectivity index (χ3v) is 7.70. The number of sulfonamides is 1. The van der Waals surface area contributed by atoms with Crippen LogP contribution in [0, 0.1) is 17.1 Å². The lowest BCUT2D eigenvalue weighted by atomic mass is 10.0. The Bertz CT molecular complexity index is 1300. The molecule has 4 rings (SSSR count). The van der Waals surface area contributed by atoms with Gasteiger partial charge in [-0.05, 0) is 42.0 Å². The zero-order valence-electron chi connectivity index (χ0n) is 18.3. The van der Waals surface area contributed by atoms with Crippen molar-refractivity contribution in [3.05, 3.63) is 95.8 Å². The molecule has 1 saturated heterocycles. The molecule has 0 bridgehead atoms. The Morgan fingerprint density at radius 1 is 0.912 bits per heavy atom. The van der Waals surface area contributed by atoms with Crippen LogP contribution in [0.4, 0.5) is 10.1 Å². The first-order valence-electron chi connectivity index (χ1n) is 10.7. The minimum absolute atomic E-state index is 0.0142. The third-order valence-electron chi connectivity index (χ3n) is 5.74. The van der Waals surface area contributed by atoms with E-state index in [0.29, 0.717) is 18.8 Å². The van der Waals surface area contributed by atoms with E-state index in [1.165, 1.54) is 40.7 Å². The molecule has 7 nitrogen and oxygen atoms in total. The van der Waals surface area contributed by atoms with Gasteiger partial charge in [0.1, 0.15) is 17.9 Å². The molecule has 1 aliphatic heterocycles. The molecular formula is C25H23FN4O3S. The highest BCUT2D eigenvalue weighted by molar-refractivity contribution is 7.89. The lowest BCUT2D eigenvalue weighted by molar-refractivity contribution is -0.122. The fourth-order valence-corrected chi connectivity index (χ4v) is 5.60. The average Bonchev–Trinajstić information content (AvgIpc) is 2.86. The van der Waals surface area contributed by atoms with E-state index < -0.39 is 21.9 Å². The van der Waals surface area contributed by atoms with Crippen molar-refractivity contribution in [2.24, 2.45) is 0 Å². The van der Waals surface area contributed by atoms with Crippen molar-refractivity contribution in [1.29, 1.82) is 5.26 Å². The number of carbonyl (C=O) groups is 1. The van der Waals surface area contributed by atoms with Crippen LogP contribution in [0.5, 0.6) is 0 Å². The molecule has 0 saturated carbocycles. The van der Waals surface area contributed by atoms with E-state index in [4.69, 9.17) is 0 Å². The number of nitrogens with one attached hydrogen (secondary N) is 1. The maximum Gasteiger partial charge on any atom is 0.246 e. The number of hydrogen-bond donors (Lipinski definition) is 1. The summed E-state index contributed by atoms with van der Waals surface area (Å²) in [5.41, 5.74) is 1.35. The van der Waals surface area contributed by atoms with E-state index in [9.17, 15) is 22.9 Å². The van der Waals surface area contributed by atoms with Gasteiger partial charge in [-0.3, -0.25) is 9.69 Å². The molecule has 1 N–H and O–H groups in total. The van der Waals surface area contributed by atoms with Crippen LogP contribution in [0.3, 0.4) is 0 Å². The monoisotopic (exact) mass is 478 g/mol. The lowest BCUT2D eigenvalue weighted by Gasteiger charge is -2.38. The number of rotatable bonds is 6. The fraction of sp³-hybridized carbons (Fsp3) is 0.200. The highest BCUT2D eigenvalue weighted by Gasteiger charge is 2.35. The second kappa shape index (κ2) is 10.1. The van der Waals surface area contributed by atoms with Crippen LogP contribution in [0.25, 0.3) is 0 Å². The van der Waals surface area contributed by atoms with Crippen molar-refractivity contribution >= 4 is 21.6 Å². The number of carbonyl (C=O) groups excluding carboxylic acids is 1. The van der Waals surface area contributed by atoms with Crippen LogP contribution >= 0.6 is 0 Å². The van der Waals surface area contributed by atoms with Crippen molar-refractivity contribution < 1.29 is 17.6 Å². The van der Waals surface area contributed by atoms with Crippen LogP contribution in [-0.4, -0.2) is 49.7 Å². The zero-order valence-corrected chi connectivity index (χ0v) is 19.1. The first-order chi connectivity index (χ1) is 16.4. The van der Waals surface area contributed by atoms with E-state index in [1.807, 2.05) is 41.3 Å². The van der Waals surface area contributed by atoms with Crippen molar-refractivity contribution in [2.75, 3.05) is 31.5 Å². The van der Waals surface area contributed by atoms with Gasteiger partial charge in [0, 0.05) is 31.9 Å². The van der Waals surface area contributed by atoms with E-state index >= 15 is 0 Å². The molecule has 0 spiro atoms. The number of benzene rings is 3. The van der Waals surface area contributed by atoms with Gasteiger partial charge in [0.05, 0.1) is 10.5 Å². The predicted octanol–water partition coefficient (Wildman–Crippen LogP) is 3.38. The summed E-state index contributed by atoms with van der Waals surface area (Å²) in [6.07, 6.45) is 0. The summed E-state index contributed by atoms with van der Waals surface area (Å²) in [4.78, 5) is 15.2. The highest BCUT2D eigenvalue weighted by atomic mass is 32.2. The number of amides is 1. The molecule has 1 fully saturated rings. The first-order valence-corrected chi connectivity index (χ1v) is 12.2. The van der Waals surface area contributed by atoms with Crippen LogP contribution < -0.4 is 5.32 Å². The molecule has 0 unspecified atom stereocenters. The van der Waals surface area contributed by atoms with Gasteiger partial charge >= 0.3 is 0 Å². The highest BCUT2D eigenvalue weighted by Crippen LogP contribution is 2.27. The third kappa shape index (κ3) is 4.99. The smallest absolute Gasteiger partial charge is 0.246 e. The van der Waals surface area contributed by atoms with Crippen LogP contribution in [0.15, 0.2) is 83.8 Å². The minimum atomic E-state index is -3.84. The lowest BCUT2D eigenvalue weighted by Crippen LogP contribution is -2.51. The molecule has 0 aliphatic carbocycles. The number of anilines is 1. The van der Waals surface area contributed by atoms with E-state index in [0.717, 1.165) is 5.56 Å². The topological polar surface area (TPSA) is 93.5 Å². The largest absolute Gasteiger partial charge is 0.324 e. The van der Waals surface area contributed by atoms with Crippen molar-refractivity contribution in [1.82, 2.24) is 9.21 Å². The maximum absolute atomic E-state index is 13.3. The first kappa shape index (κ1) is 23.6. The molecule has 0 radical (unpaired) electrons. The molecular weight excluding hydrogens is 455 g/mol. The van der Waals surface area contributed by atoms with Crippen LogP contribution in [-0.2, 0) is 14.8 Å².